The molecule has 1 unspecified atom stereocenters. The molecule has 0 aliphatic heterocycles. The zero-order valence-corrected chi connectivity index (χ0v) is 18.3. The Morgan fingerprint density at radius 2 is 1.94 bits per heavy atom. The summed E-state index contributed by atoms with van der Waals surface area (Å²) in [5.74, 6) is 0.514. The monoisotopic (exact) mass is 431 g/mol. The van der Waals surface area contributed by atoms with Gasteiger partial charge in [-0.15, -0.1) is 0 Å². The number of pyridine rings is 2. The summed E-state index contributed by atoms with van der Waals surface area (Å²) in [6.45, 7) is 2.68. The van der Waals surface area contributed by atoms with Gasteiger partial charge < -0.3 is 19.4 Å². The molecular formula is C25H25N3O4. The summed E-state index contributed by atoms with van der Waals surface area (Å²) in [4.78, 5) is 30.2. The summed E-state index contributed by atoms with van der Waals surface area (Å²) in [7, 11) is 3.20. The average Bonchev–Trinajstić information content (AvgIpc) is 2.83. The molecule has 164 valence electrons. The van der Waals surface area contributed by atoms with E-state index < -0.39 is 0 Å². The standard InChI is InChI=1S/C25H25N3O4/c1-16(17-5-4-6-19(13-17)32-3)27-24(29)18-7-8-21-20-9-10-26-15-22(20)25(30)28(11-12-31-2)23(21)14-18/h4-10,13-16H,11-12H2,1-3H3,(H,27,29). The predicted molar refractivity (Wildman–Crippen MR) is 124 cm³/mol. The van der Waals surface area contributed by atoms with Gasteiger partial charge in [0.15, 0.2) is 0 Å². The highest BCUT2D eigenvalue weighted by Crippen LogP contribution is 2.24. The second kappa shape index (κ2) is 9.20. The van der Waals surface area contributed by atoms with Crippen LogP contribution in [0, 0.1) is 0 Å². The molecule has 0 spiro atoms. The largest absolute Gasteiger partial charge is 0.497 e. The summed E-state index contributed by atoms with van der Waals surface area (Å²) in [6.07, 6.45) is 3.24. The molecule has 7 heteroatoms. The van der Waals surface area contributed by atoms with Crippen molar-refractivity contribution in [1.82, 2.24) is 14.9 Å². The number of ether oxygens (including phenoxy) is 2. The molecule has 7 nitrogen and oxygen atoms in total. The smallest absolute Gasteiger partial charge is 0.260 e. The Morgan fingerprint density at radius 1 is 1.09 bits per heavy atom. The summed E-state index contributed by atoms with van der Waals surface area (Å²) < 4.78 is 12.1. The molecule has 0 fully saturated rings. The number of carbonyl (C=O) groups excluding carboxylic acids is 1. The van der Waals surface area contributed by atoms with E-state index in [0.717, 1.165) is 22.1 Å². The number of hydrogen-bond acceptors (Lipinski definition) is 5. The van der Waals surface area contributed by atoms with Crippen LogP contribution in [-0.2, 0) is 11.3 Å². The second-order valence-electron chi connectivity index (χ2n) is 7.57. The molecule has 0 radical (unpaired) electrons. The van der Waals surface area contributed by atoms with Crippen LogP contribution in [0.15, 0.2) is 65.7 Å². The van der Waals surface area contributed by atoms with Crippen molar-refractivity contribution < 1.29 is 14.3 Å². The molecule has 1 atom stereocenters. The number of fused-ring (bicyclic) bond motifs is 3. The number of rotatable bonds is 7. The van der Waals surface area contributed by atoms with E-state index in [-0.39, 0.29) is 17.5 Å². The topological polar surface area (TPSA) is 82.5 Å². The summed E-state index contributed by atoms with van der Waals surface area (Å²) in [5.41, 5.74) is 1.95. The summed E-state index contributed by atoms with van der Waals surface area (Å²) in [6, 6.07) is 14.6. The van der Waals surface area contributed by atoms with Crippen molar-refractivity contribution in [3.8, 4) is 5.75 Å². The van der Waals surface area contributed by atoms with Crippen LogP contribution < -0.4 is 15.6 Å². The van der Waals surface area contributed by atoms with Gasteiger partial charge in [0, 0.05) is 37.0 Å². The maximum atomic E-state index is 13.1. The number of nitrogens with one attached hydrogen (secondary N) is 1. The third-order valence-corrected chi connectivity index (χ3v) is 5.60. The Kier molecular flexibility index (Phi) is 6.18. The third kappa shape index (κ3) is 4.07. The van der Waals surface area contributed by atoms with Gasteiger partial charge >= 0.3 is 0 Å². The number of hydrogen-bond donors (Lipinski definition) is 1. The van der Waals surface area contributed by atoms with Crippen LogP contribution in [0.25, 0.3) is 21.7 Å². The van der Waals surface area contributed by atoms with E-state index in [1.807, 2.05) is 43.3 Å². The summed E-state index contributed by atoms with van der Waals surface area (Å²) in [5, 5.41) is 5.26. The first-order chi connectivity index (χ1) is 15.5. The van der Waals surface area contributed by atoms with E-state index in [9.17, 15) is 9.59 Å². The molecule has 0 aliphatic carbocycles. The minimum atomic E-state index is -0.220. The molecule has 2 aromatic carbocycles. The minimum absolute atomic E-state index is 0.153. The SMILES string of the molecule is COCCn1c(=O)c2cnccc2c2ccc(C(=O)NC(C)c3cccc(OC)c3)cc21. The highest BCUT2D eigenvalue weighted by atomic mass is 16.5. The second-order valence-corrected chi connectivity index (χ2v) is 7.57. The van der Waals surface area contributed by atoms with Crippen LogP contribution in [0.5, 0.6) is 5.75 Å². The van der Waals surface area contributed by atoms with Crippen molar-refractivity contribution in [2.75, 3.05) is 20.8 Å². The first kappa shape index (κ1) is 21.5. The maximum Gasteiger partial charge on any atom is 0.260 e. The van der Waals surface area contributed by atoms with Gasteiger partial charge in [-0.25, -0.2) is 0 Å². The molecule has 4 aromatic rings. The molecule has 1 N–H and O–H groups in total. The van der Waals surface area contributed by atoms with Gasteiger partial charge in [-0.3, -0.25) is 14.6 Å². The lowest BCUT2D eigenvalue weighted by Gasteiger charge is -2.17. The molecule has 0 bridgehead atoms. The van der Waals surface area contributed by atoms with Gasteiger partial charge in [0.05, 0.1) is 30.7 Å². The molecule has 4 rings (SSSR count). The van der Waals surface area contributed by atoms with Crippen LogP contribution in [0.1, 0.15) is 28.9 Å². The molecule has 0 saturated carbocycles. The van der Waals surface area contributed by atoms with Gasteiger partial charge in [-0.2, -0.15) is 0 Å². The van der Waals surface area contributed by atoms with Crippen LogP contribution in [0.4, 0.5) is 0 Å². The van der Waals surface area contributed by atoms with Gasteiger partial charge in [-0.05, 0) is 48.2 Å². The van der Waals surface area contributed by atoms with Crippen molar-refractivity contribution in [2.24, 2.45) is 0 Å². The van der Waals surface area contributed by atoms with Crippen molar-refractivity contribution in [3.05, 3.63) is 82.4 Å². The van der Waals surface area contributed by atoms with E-state index in [0.29, 0.717) is 29.6 Å². The fraction of sp³-hybridized carbons (Fsp3) is 0.240. The van der Waals surface area contributed by atoms with E-state index in [1.165, 1.54) is 0 Å². The van der Waals surface area contributed by atoms with E-state index in [4.69, 9.17) is 9.47 Å². The molecule has 32 heavy (non-hydrogen) atoms. The molecule has 2 heterocycles. The Hall–Kier alpha value is -3.71. The fourth-order valence-electron chi connectivity index (χ4n) is 3.86. The van der Waals surface area contributed by atoms with E-state index in [1.54, 1.807) is 43.3 Å². The van der Waals surface area contributed by atoms with Crippen molar-refractivity contribution in [3.63, 3.8) is 0 Å². The number of nitrogens with zero attached hydrogens (tertiary/aromatic N) is 2. The van der Waals surface area contributed by atoms with Crippen LogP contribution in [0.2, 0.25) is 0 Å². The molecule has 2 aromatic heterocycles. The first-order valence-electron chi connectivity index (χ1n) is 10.4. The van der Waals surface area contributed by atoms with Gasteiger partial charge in [0.1, 0.15) is 5.75 Å². The van der Waals surface area contributed by atoms with E-state index in [2.05, 4.69) is 10.3 Å². The third-order valence-electron chi connectivity index (χ3n) is 5.60. The lowest BCUT2D eigenvalue weighted by Crippen LogP contribution is -2.27. The van der Waals surface area contributed by atoms with Crippen LogP contribution >= 0.6 is 0 Å². The molecule has 0 saturated heterocycles. The van der Waals surface area contributed by atoms with Gasteiger partial charge in [-0.1, -0.05) is 18.2 Å². The van der Waals surface area contributed by atoms with Gasteiger partial charge in [0.2, 0.25) is 0 Å². The minimum Gasteiger partial charge on any atom is -0.497 e. The first-order valence-corrected chi connectivity index (χ1v) is 10.4. The molecular weight excluding hydrogens is 406 g/mol. The number of carbonyl (C=O) groups is 1. The van der Waals surface area contributed by atoms with E-state index >= 15 is 0 Å². The number of methoxy groups -OCH3 is 2. The highest BCUT2D eigenvalue weighted by molar-refractivity contribution is 6.07. The zero-order valence-electron chi connectivity index (χ0n) is 18.3. The van der Waals surface area contributed by atoms with Crippen LogP contribution in [-0.4, -0.2) is 36.3 Å². The lowest BCUT2D eigenvalue weighted by atomic mass is 10.0. The van der Waals surface area contributed by atoms with Crippen molar-refractivity contribution in [2.45, 2.75) is 19.5 Å². The summed E-state index contributed by atoms with van der Waals surface area (Å²) >= 11 is 0. The lowest BCUT2D eigenvalue weighted by molar-refractivity contribution is 0.0940. The van der Waals surface area contributed by atoms with Crippen LogP contribution in [0.3, 0.4) is 0 Å². The number of aromatic nitrogens is 2. The zero-order chi connectivity index (χ0) is 22.7. The predicted octanol–water partition coefficient (Wildman–Crippen LogP) is 3.70. The molecule has 0 aliphatic rings. The van der Waals surface area contributed by atoms with Gasteiger partial charge in [0.25, 0.3) is 11.5 Å². The molecule has 1 amide bonds. The quantitative estimate of drug-likeness (QED) is 0.451. The fourth-order valence-corrected chi connectivity index (χ4v) is 3.86. The normalized spacial score (nSPS) is 12.1. The average molecular weight is 431 g/mol. The highest BCUT2D eigenvalue weighted by Gasteiger charge is 2.16. The Morgan fingerprint density at radius 3 is 2.72 bits per heavy atom. The Bertz CT molecular complexity index is 1350. The Balaban J connectivity index is 1.74. The number of amides is 1. The Labute approximate surface area is 185 Å². The number of benzene rings is 2. The van der Waals surface area contributed by atoms with Crippen molar-refractivity contribution >= 4 is 27.6 Å². The maximum absolute atomic E-state index is 13.1. The van der Waals surface area contributed by atoms with Crippen molar-refractivity contribution in [1.29, 1.82) is 0 Å².